The zero-order chi connectivity index (χ0) is 13.0. The summed E-state index contributed by atoms with van der Waals surface area (Å²) < 4.78 is 5.71. The quantitative estimate of drug-likeness (QED) is 0.910. The highest BCUT2D eigenvalue weighted by Crippen LogP contribution is 2.29. The number of rotatable bonds is 4. The van der Waals surface area contributed by atoms with E-state index in [0.717, 1.165) is 18.4 Å². The third-order valence-corrected chi connectivity index (χ3v) is 3.37. The first-order valence-corrected chi connectivity index (χ1v) is 6.75. The second-order valence-corrected chi connectivity index (χ2v) is 4.99. The van der Waals surface area contributed by atoms with Crippen LogP contribution < -0.4 is 5.32 Å². The van der Waals surface area contributed by atoms with Crippen LogP contribution in [-0.2, 0) is 9.53 Å². The monoisotopic (exact) mass is 267 g/mol. The summed E-state index contributed by atoms with van der Waals surface area (Å²) in [5.74, 6) is 0.104. The van der Waals surface area contributed by atoms with Crippen LogP contribution in [0.15, 0.2) is 24.3 Å². The Labute approximate surface area is 112 Å². The van der Waals surface area contributed by atoms with Gasteiger partial charge >= 0.3 is 0 Å². The highest BCUT2D eigenvalue weighted by atomic mass is 35.5. The van der Waals surface area contributed by atoms with E-state index in [0.29, 0.717) is 18.1 Å². The summed E-state index contributed by atoms with van der Waals surface area (Å²) in [6.07, 6.45) is 2.25. The van der Waals surface area contributed by atoms with Crippen molar-refractivity contribution in [3.63, 3.8) is 0 Å². The summed E-state index contributed by atoms with van der Waals surface area (Å²) in [7, 11) is 0. The molecule has 2 atom stereocenters. The van der Waals surface area contributed by atoms with Gasteiger partial charge in [0.25, 0.3) is 0 Å². The van der Waals surface area contributed by atoms with Gasteiger partial charge in [-0.25, -0.2) is 0 Å². The van der Waals surface area contributed by atoms with Gasteiger partial charge in [0.2, 0.25) is 5.91 Å². The molecule has 0 saturated carbocycles. The van der Waals surface area contributed by atoms with Crippen LogP contribution in [0.3, 0.4) is 0 Å². The predicted molar refractivity (Wildman–Crippen MR) is 71.6 cm³/mol. The molecular formula is C14H18ClNO2. The molecule has 0 radical (unpaired) electrons. The smallest absolute Gasteiger partial charge is 0.220 e. The van der Waals surface area contributed by atoms with Crippen LogP contribution in [0.25, 0.3) is 0 Å². The Morgan fingerprint density at radius 1 is 1.44 bits per heavy atom. The van der Waals surface area contributed by atoms with Gasteiger partial charge in [0.1, 0.15) is 6.10 Å². The summed E-state index contributed by atoms with van der Waals surface area (Å²) in [5.41, 5.74) is 1.07. The van der Waals surface area contributed by atoms with E-state index in [1.54, 1.807) is 0 Å². The molecule has 1 amide bonds. The van der Waals surface area contributed by atoms with Gasteiger partial charge in [0, 0.05) is 18.1 Å². The number of ether oxygens (including phenoxy) is 1. The fourth-order valence-corrected chi connectivity index (χ4v) is 2.35. The van der Waals surface area contributed by atoms with Crippen LogP contribution in [0.4, 0.5) is 0 Å². The summed E-state index contributed by atoms with van der Waals surface area (Å²) in [6, 6.07) is 7.69. The normalized spacial score (nSPS) is 23.0. The van der Waals surface area contributed by atoms with Gasteiger partial charge in [-0.2, -0.15) is 0 Å². The first-order valence-electron chi connectivity index (χ1n) is 6.37. The lowest BCUT2D eigenvalue weighted by Gasteiger charge is -2.20. The Bertz CT molecular complexity index is 405. The molecular weight excluding hydrogens is 250 g/mol. The molecule has 1 N–H and O–H groups in total. The van der Waals surface area contributed by atoms with Crippen LogP contribution in [0.1, 0.15) is 37.9 Å². The van der Waals surface area contributed by atoms with Crippen molar-refractivity contribution < 1.29 is 9.53 Å². The van der Waals surface area contributed by atoms with E-state index in [2.05, 4.69) is 5.32 Å². The largest absolute Gasteiger partial charge is 0.371 e. The summed E-state index contributed by atoms with van der Waals surface area (Å²) in [5, 5.41) is 3.76. The number of hydrogen-bond donors (Lipinski definition) is 1. The maximum atomic E-state index is 11.6. The molecule has 2 rings (SSSR count). The molecule has 1 aromatic carbocycles. The van der Waals surface area contributed by atoms with Crippen molar-refractivity contribution in [1.29, 1.82) is 0 Å². The second kappa shape index (κ2) is 6.21. The van der Waals surface area contributed by atoms with Crippen molar-refractivity contribution in [1.82, 2.24) is 5.32 Å². The molecule has 1 aliphatic heterocycles. The lowest BCUT2D eigenvalue weighted by Crippen LogP contribution is -2.36. The first kappa shape index (κ1) is 13.4. The molecule has 4 heteroatoms. The van der Waals surface area contributed by atoms with Gasteiger partial charge in [-0.1, -0.05) is 30.7 Å². The third kappa shape index (κ3) is 3.24. The summed E-state index contributed by atoms with van der Waals surface area (Å²) in [6.45, 7) is 2.69. The van der Waals surface area contributed by atoms with Crippen LogP contribution in [0.5, 0.6) is 0 Å². The van der Waals surface area contributed by atoms with Crippen LogP contribution in [-0.4, -0.2) is 18.6 Å². The number of amides is 1. The summed E-state index contributed by atoms with van der Waals surface area (Å²) >= 11 is 5.87. The van der Waals surface area contributed by atoms with E-state index >= 15 is 0 Å². The minimum atomic E-state index is -0.0527. The SMILES string of the molecule is CCCC(=O)NC1CCOC1c1ccc(Cl)cc1. The standard InChI is InChI=1S/C14H18ClNO2/c1-2-3-13(17)16-12-8-9-18-14(12)10-4-6-11(15)7-5-10/h4-7,12,14H,2-3,8-9H2,1H3,(H,16,17). The van der Waals surface area contributed by atoms with E-state index < -0.39 is 0 Å². The van der Waals surface area contributed by atoms with E-state index in [-0.39, 0.29) is 18.1 Å². The van der Waals surface area contributed by atoms with Crippen LogP contribution >= 0.6 is 11.6 Å². The van der Waals surface area contributed by atoms with Crippen molar-refractivity contribution in [3.05, 3.63) is 34.9 Å². The highest BCUT2D eigenvalue weighted by molar-refractivity contribution is 6.30. The fourth-order valence-electron chi connectivity index (χ4n) is 2.22. The minimum absolute atomic E-state index is 0.0527. The molecule has 18 heavy (non-hydrogen) atoms. The fraction of sp³-hybridized carbons (Fsp3) is 0.500. The zero-order valence-electron chi connectivity index (χ0n) is 10.5. The molecule has 0 aliphatic carbocycles. The molecule has 1 heterocycles. The van der Waals surface area contributed by atoms with Gasteiger partial charge in [-0.3, -0.25) is 4.79 Å². The molecule has 3 nitrogen and oxygen atoms in total. The maximum Gasteiger partial charge on any atom is 0.220 e. The Morgan fingerprint density at radius 2 is 2.17 bits per heavy atom. The molecule has 0 aromatic heterocycles. The molecule has 1 fully saturated rings. The van der Waals surface area contributed by atoms with E-state index in [1.807, 2.05) is 31.2 Å². The average Bonchev–Trinajstić information content (AvgIpc) is 2.78. The highest BCUT2D eigenvalue weighted by Gasteiger charge is 2.30. The van der Waals surface area contributed by atoms with Crippen LogP contribution in [0, 0.1) is 0 Å². The minimum Gasteiger partial charge on any atom is -0.371 e. The zero-order valence-corrected chi connectivity index (χ0v) is 11.2. The Kier molecular flexibility index (Phi) is 4.61. The number of nitrogens with one attached hydrogen (secondary N) is 1. The molecule has 2 unspecified atom stereocenters. The van der Waals surface area contributed by atoms with E-state index in [1.165, 1.54) is 0 Å². The van der Waals surface area contributed by atoms with E-state index in [9.17, 15) is 4.79 Å². The lowest BCUT2D eigenvalue weighted by molar-refractivity contribution is -0.122. The molecule has 1 saturated heterocycles. The number of carbonyl (C=O) groups is 1. The van der Waals surface area contributed by atoms with E-state index in [4.69, 9.17) is 16.3 Å². The van der Waals surface area contributed by atoms with Gasteiger partial charge in [-0.05, 0) is 30.5 Å². The number of halogens is 1. The van der Waals surface area contributed by atoms with Gasteiger partial charge < -0.3 is 10.1 Å². The second-order valence-electron chi connectivity index (χ2n) is 4.56. The lowest BCUT2D eigenvalue weighted by atomic mass is 10.0. The van der Waals surface area contributed by atoms with Crippen molar-refractivity contribution in [2.24, 2.45) is 0 Å². The molecule has 1 aromatic rings. The van der Waals surface area contributed by atoms with Crippen molar-refractivity contribution in [2.45, 2.75) is 38.3 Å². The van der Waals surface area contributed by atoms with Gasteiger partial charge in [0.05, 0.1) is 6.04 Å². The predicted octanol–water partition coefficient (Wildman–Crippen LogP) is 3.09. The van der Waals surface area contributed by atoms with Crippen LogP contribution in [0.2, 0.25) is 5.02 Å². The van der Waals surface area contributed by atoms with Gasteiger partial charge in [0.15, 0.2) is 0 Å². The Hall–Kier alpha value is -1.06. The Balaban J connectivity index is 2.03. The molecule has 1 aliphatic rings. The average molecular weight is 268 g/mol. The number of benzene rings is 1. The first-order chi connectivity index (χ1) is 8.70. The van der Waals surface area contributed by atoms with Crippen molar-refractivity contribution >= 4 is 17.5 Å². The molecule has 0 spiro atoms. The number of carbonyl (C=O) groups excluding carboxylic acids is 1. The van der Waals surface area contributed by atoms with Crippen molar-refractivity contribution in [2.75, 3.05) is 6.61 Å². The summed E-state index contributed by atoms with van der Waals surface area (Å²) in [4.78, 5) is 11.6. The van der Waals surface area contributed by atoms with Crippen molar-refractivity contribution in [3.8, 4) is 0 Å². The third-order valence-electron chi connectivity index (χ3n) is 3.11. The number of hydrogen-bond acceptors (Lipinski definition) is 2. The maximum absolute atomic E-state index is 11.6. The topological polar surface area (TPSA) is 38.3 Å². The Morgan fingerprint density at radius 3 is 2.83 bits per heavy atom. The molecule has 98 valence electrons. The molecule has 0 bridgehead atoms. The van der Waals surface area contributed by atoms with Gasteiger partial charge in [-0.15, -0.1) is 0 Å².